The molecule has 1 atom stereocenters. The number of benzene rings is 1. The number of amides is 1. The van der Waals surface area contributed by atoms with Crippen LogP contribution >= 0.6 is 12.6 Å². The van der Waals surface area contributed by atoms with Crippen molar-refractivity contribution < 1.29 is 9.90 Å². The molecule has 0 fully saturated rings. The van der Waals surface area contributed by atoms with Gasteiger partial charge in [0.25, 0.3) is 0 Å². The van der Waals surface area contributed by atoms with Gasteiger partial charge in [-0.2, -0.15) is 0 Å². The topological polar surface area (TPSA) is 49.3 Å². The van der Waals surface area contributed by atoms with Gasteiger partial charge in [-0.1, -0.05) is 25.5 Å². The Kier molecular flexibility index (Phi) is 6.83. The Bertz CT molecular complexity index is 365. The summed E-state index contributed by atoms with van der Waals surface area (Å²) in [6, 6.07) is 7.58. The Labute approximate surface area is 114 Å². The fraction of sp³-hybridized carbons (Fsp3) is 0.500. The highest BCUT2D eigenvalue weighted by Crippen LogP contribution is 2.09. The van der Waals surface area contributed by atoms with Crippen molar-refractivity contribution in [2.75, 3.05) is 13.2 Å². The van der Waals surface area contributed by atoms with Crippen LogP contribution in [0.3, 0.4) is 0 Å². The Hall–Kier alpha value is -1.00. The predicted molar refractivity (Wildman–Crippen MR) is 75.9 cm³/mol. The van der Waals surface area contributed by atoms with Crippen LogP contribution in [0.15, 0.2) is 29.2 Å². The highest BCUT2D eigenvalue weighted by Gasteiger charge is 2.08. The lowest BCUT2D eigenvalue weighted by atomic mass is 10.0. The third kappa shape index (κ3) is 5.56. The molecule has 2 N–H and O–H groups in total. The normalized spacial score (nSPS) is 12.2. The molecule has 100 valence electrons. The summed E-state index contributed by atoms with van der Waals surface area (Å²) in [5.41, 5.74) is 0.987. The SMILES string of the molecule is CCC(CCO)CNC(=O)Cc1ccc(S)cc1. The van der Waals surface area contributed by atoms with Crippen molar-refractivity contribution in [2.45, 2.75) is 31.1 Å². The number of hydrogen-bond donors (Lipinski definition) is 3. The van der Waals surface area contributed by atoms with Gasteiger partial charge in [-0.15, -0.1) is 12.6 Å². The maximum atomic E-state index is 11.7. The molecule has 1 aromatic carbocycles. The third-order valence-corrected chi connectivity index (χ3v) is 3.30. The summed E-state index contributed by atoms with van der Waals surface area (Å²) in [6.45, 7) is 2.89. The van der Waals surface area contributed by atoms with Crippen LogP contribution in [0, 0.1) is 5.92 Å². The number of carbonyl (C=O) groups excluding carboxylic acids is 1. The summed E-state index contributed by atoms with van der Waals surface area (Å²) >= 11 is 4.20. The van der Waals surface area contributed by atoms with Crippen LogP contribution in [0.2, 0.25) is 0 Å². The largest absolute Gasteiger partial charge is 0.396 e. The quantitative estimate of drug-likeness (QED) is 0.662. The molecule has 0 aliphatic rings. The van der Waals surface area contributed by atoms with Crippen molar-refractivity contribution in [3.8, 4) is 0 Å². The number of aliphatic hydroxyl groups excluding tert-OH is 1. The molecule has 0 saturated heterocycles. The van der Waals surface area contributed by atoms with Crippen LogP contribution in [0.4, 0.5) is 0 Å². The van der Waals surface area contributed by atoms with Crippen molar-refractivity contribution in [3.63, 3.8) is 0 Å². The average Bonchev–Trinajstić information content (AvgIpc) is 2.37. The molecular weight excluding hydrogens is 246 g/mol. The Morgan fingerprint density at radius 3 is 2.61 bits per heavy atom. The summed E-state index contributed by atoms with van der Waals surface area (Å²) in [6.07, 6.45) is 2.10. The van der Waals surface area contributed by atoms with E-state index in [1.807, 2.05) is 24.3 Å². The molecule has 1 unspecified atom stereocenters. The van der Waals surface area contributed by atoms with E-state index < -0.39 is 0 Å². The molecule has 1 aromatic rings. The van der Waals surface area contributed by atoms with E-state index in [2.05, 4.69) is 24.9 Å². The van der Waals surface area contributed by atoms with Crippen molar-refractivity contribution in [1.82, 2.24) is 5.32 Å². The first kappa shape index (κ1) is 15.1. The zero-order chi connectivity index (χ0) is 13.4. The summed E-state index contributed by atoms with van der Waals surface area (Å²) in [7, 11) is 0. The van der Waals surface area contributed by atoms with E-state index in [9.17, 15) is 4.79 Å². The first-order valence-corrected chi connectivity index (χ1v) is 6.76. The molecule has 0 saturated carbocycles. The minimum atomic E-state index is 0.0262. The molecule has 0 aromatic heterocycles. The van der Waals surface area contributed by atoms with Gasteiger partial charge in [0.1, 0.15) is 0 Å². The molecular formula is C14H21NO2S. The van der Waals surface area contributed by atoms with Crippen LogP contribution in [0.1, 0.15) is 25.3 Å². The monoisotopic (exact) mass is 267 g/mol. The fourth-order valence-corrected chi connectivity index (χ4v) is 1.90. The zero-order valence-corrected chi connectivity index (χ0v) is 11.6. The van der Waals surface area contributed by atoms with E-state index in [0.29, 0.717) is 18.9 Å². The number of nitrogens with one attached hydrogen (secondary N) is 1. The molecule has 1 rings (SSSR count). The second kappa shape index (κ2) is 8.16. The van der Waals surface area contributed by atoms with Gasteiger partial charge in [0.2, 0.25) is 5.91 Å². The van der Waals surface area contributed by atoms with Crippen molar-refractivity contribution >= 4 is 18.5 Å². The number of carbonyl (C=O) groups is 1. The first-order chi connectivity index (χ1) is 8.65. The summed E-state index contributed by atoms with van der Waals surface area (Å²) < 4.78 is 0. The van der Waals surface area contributed by atoms with E-state index >= 15 is 0 Å². The summed E-state index contributed by atoms with van der Waals surface area (Å²) in [4.78, 5) is 12.6. The number of thiol groups is 1. The Morgan fingerprint density at radius 1 is 1.39 bits per heavy atom. The van der Waals surface area contributed by atoms with Crippen molar-refractivity contribution in [3.05, 3.63) is 29.8 Å². The van der Waals surface area contributed by atoms with E-state index in [1.54, 1.807) is 0 Å². The highest BCUT2D eigenvalue weighted by molar-refractivity contribution is 7.80. The second-order valence-electron chi connectivity index (χ2n) is 4.43. The lowest BCUT2D eigenvalue weighted by molar-refractivity contribution is -0.120. The standard InChI is InChI=1S/C14H21NO2S/c1-2-11(7-8-16)10-15-14(17)9-12-3-5-13(18)6-4-12/h3-6,11,16,18H,2,7-10H2,1H3,(H,15,17). The summed E-state index contributed by atoms with van der Waals surface area (Å²) in [5.74, 6) is 0.386. The van der Waals surface area contributed by atoms with Gasteiger partial charge >= 0.3 is 0 Å². The van der Waals surface area contributed by atoms with Crippen LogP contribution in [0.25, 0.3) is 0 Å². The van der Waals surface area contributed by atoms with Gasteiger partial charge in [0, 0.05) is 18.0 Å². The second-order valence-corrected chi connectivity index (χ2v) is 4.95. The molecule has 18 heavy (non-hydrogen) atoms. The first-order valence-electron chi connectivity index (χ1n) is 6.31. The number of aliphatic hydroxyl groups is 1. The van der Waals surface area contributed by atoms with Crippen molar-refractivity contribution in [1.29, 1.82) is 0 Å². The minimum Gasteiger partial charge on any atom is -0.396 e. The molecule has 4 heteroatoms. The van der Waals surface area contributed by atoms with Crippen LogP contribution in [-0.2, 0) is 11.2 Å². The van der Waals surface area contributed by atoms with Gasteiger partial charge in [-0.3, -0.25) is 4.79 Å². The molecule has 0 aliphatic heterocycles. The van der Waals surface area contributed by atoms with Crippen molar-refractivity contribution in [2.24, 2.45) is 5.92 Å². The van der Waals surface area contributed by atoms with E-state index in [1.165, 1.54) is 0 Å². The van der Waals surface area contributed by atoms with Gasteiger partial charge in [-0.05, 0) is 30.0 Å². The number of hydrogen-bond acceptors (Lipinski definition) is 3. The van der Waals surface area contributed by atoms with E-state index in [0.717, 1.165) is 23.3 Å². The third-order valence-electron chi connectivity index (χ3n) is 3.00. The molecule has 0 heterocycles. The zero-order valence-electron chi connectivity index (χ0n) is 10.7. The number of rotatable bonds is 7. The van der Waals surface area contributed by atoms with Crippen LogP contribution < -0.4 is 5.32 Å². The molecule has 0 spiro atoms. The summed E-state index contributed by atoms with van der Waals surface area (Å²) in [5, 5.41) is 11.8. The predicted octanol–water partition coefficient (Wildman–Crippen LogP) is 2.04. The maximum Gasteiger partial charge on any atom is 0.224 e. The molecule has 0 bridgehead atoms. The van der Waals surface area contributed by atoms with Gasteiger partial charge < -0.3 is 10.4 Å². The lowest BCUT2D eigenvalue weighted by Gasteiger charge is -2.14. The average molecular weight is 267 g/mol. The van der Waals surface area contributed by atoms with Crippen LogP contribution in [0.5, 0.6) is 0 Å². The smallest absolute Gasteiger partial charge is 0.224 e. The van der Waals surface area contributed by atoms with Crippen LogP contribution in [-0.4, -0.2) is 24.2 Å². The molecule has 0 aliphatic carbocycles. The highest BCUT2D eigenvalue weighted by atomic mass is 32.1. The lowest BCUT2D eigenvalue weighted by Crippen LogP contribution is -2.30. The fourth-order valence-electron chi connectivity index (χ4n) is 1.75. The van der Waals surface area contributed by atoms with E-state index in [4.69, 9.17) is 5.11 Å². The molecule has 1 amide bonds. The molecule has 0 radical (unpaired) electrons. The molecule has 3 nitrogen and oxygen atoms in total. The Morgan fingerprint density at radius 2 is 2.06 bits per heavy atom. The van der Waals surface area contributed by atoms with Gasteiger partial charge in [0.15, 0.2) is 0 Å². The maximum absolute atomic E-state index is 11.7. The van der Waals surface area contributed by atoms with Gasteiger partial charge in [-0.25, -0.2) is 0 Å². The van der Waals surface area contributed by atoms with E-state index in [-0.39, 0.29) is 12.5 Å². The Balaban J connectivity index is 2.35. The minimum absolute atomic E-state index is 0.0262. The van der Waals surface area contributed by atoms with Gasteiger partial charge in [0.05, 0.1) is 6.42 Å².